The standard InChI is InChI=1S/C19H18Cl2O5/c20-6-5-13(17(22)9-1-3-11(21)4-2-9)25-18(23)15-10-7-12-14(8-10)26-19(24)16(12)15/h1-4,10,12-16H,5-8H2/t10-,12+,13-,14-,15+,16+/m1/s1. The number of carbonyl (C=O) groups excluding carboxylic acids is 3. The molecule has 138 valence electrons. The second-order valence-corrected chi connectivity index (χ2v) is 8.01. The van der Waals surface area contributed by atoms with Gasteiger partial charge in [0, 0.05) is 28.8 Å². The Kier molecular flexibility index (Phi) is 4.70. The summed E-state index contributed by atoms with van der Waals surface area (Å²) in [4.78, 5) is 37.6. The van der Waals surface area contributed by atoms with Gasteiger partial charge in [0.15, 0.2) is 6.10 Å². The molecule has 26 heavy (non-hydrogen) atoms. The Labute approximate surface area is 160 Å². The van der Waals surface area contributed by atoms with Crippen molar-refractivity contribution in [2.75, 3.05) is 5.88 Å². The summed E-state index contributed by atoms with van der Waals surface area (Å²) in [5.74, 6) is -1.65. The van der Waals surface area contributed by atoms with E-state index < -0.39 is 23.9 Å². The molecule has 4 rings (SSSR count). The summed E-state index contributed by atoms with van der Waals surface area (Å²) in [5.41, 5.74) is 0.408. The fourth-order valence-electron chi connectivity index (χ4n) is 4.69. The van der Waals surface area contributed by atoms with Crippen LogP contribution in [0.5, 0.6) is 0 Å². The normalized spacial score (nSPS) is 32.4. The van der Waals surface area contributed by atoms with Gasteiger partial charge in [0.2, 0.25) is 5.78 Å². The maximum atomic E-state index is 12.8. The van der Waals surface area contributed by atoms with Crippen LogP contribution in [-0.4, -0.2) is 35.8 Å². The molecule has 0 amide bonds. The molecule has 1 aromatic carbocycles. The van der Waals surface area contributed by atoms with Crippen LogP contribution in [0, 0.1) is 23.7 Å². The lowest BCUT2D eigenvalue weighted by atomic mass is 9.80. The van der Waals surface area contributed by atoms with E-state index in [0.29, 0.717) is 17.0 Å². The van der Waals surface area contributed by atoms with Crippen molar-refractivity contribution < 1.29 is 23.9 Å². The second kappa shape index (κ2) is 6.86. The Bertz CT molecular complexity index is 745. The van der Waals surface area contributed by atoms with Gasteiger partial charge in [-0.05, 0) is 43.0 Å². The van der Waals surface area contributed by atoms with Gasteiger partial charge in [-0.15, -0.1) is 11.6 Å². The number of carbonyl (C=O) groups is 3. The summed E-state index contributed by atoms with van der Waals surface area (Å²) >= 11 is 11.7. The maximum absolute atomic E-state index is 12.8. The van der Waals surface area contributed by atoms with Gasteiger partial charge in [0.05, 0.1) is 11.8 Å². The summed E-state index contributed by atoms with van der Waals surface area (Å²) in [6.45, 7) is 0. The molecule has 2 saturated carbocycles. The quantitative estimate of drug-likeness (QED) is 0.419. The molecule has 1 saturated heterocycles. The van der Waals surface area contributed by atoms with E-state index in [1.54, 1.807) is 24.3 Å². The van der Waals surface area contributed by atoms with Crippen molar-refractivity contribution in [3.05, 3.63) is 34.9 Å². The zero-order chi connectivity index (χ0) is 18.4. The number of rotatable bonds is 6. The molecule has 3 aliphatic rings. The van der Waals surface area contributed by atoms with Crippen molar-refractivity contribution >= 4 is 40.9 Å². The molecular weight excluding hydrogens is 379 g/mol. The van der Waals surface area contributed by atoms with Crippen LogP contribution < -0.4 is 0 Å². The zero-order valence-electron chi connectivity index (χ0n) is 13.9. The summed E-state index contributed by atoms with van der Waals surface area (Å²) in [5, 5.41) is 0.517. The van der Waals surface area contributed by atoms with Crippen molar-refractivity contribution in [2.45, 2.75) is 31.5 Å². The number of hydrogen-bond donors (Lipinski definition) is 0. The minimum Gasteiger partial charge on any atom is -0.462 e. The number of benzene rings is 1. The Morgan fingerprint density at radius 3 is 2.65 bits per heavy atom. The van der Waals surface area contributed by atoms with Gasteiger partial charge in [0.25, 0.3) is 0 Å². The Hall–Kier alpha value is -1.59. The lowest BCUT2D eigenvalue weighted by Gasteiger charge is -2.25. The van der Waals surface area contributed by atoms with Crippen LogP contribution in [0.1, 0.15) is 29.6 Å². The summed E-state index contributed by atoms with van der Waals surface area (Å²) in [7, 11) is 0. The average Bonchev–Trinajstić information content (AvgIpc) is 3.23. The first kappa shape index (κ1) is 17.8. The van der Waals surface area contributed by atoms with Crippen molar-refractivity contribution in [1.29, 1.82) is 0 Å². The third-order valence-electron chi connectivity index (χ3n) is 5.81. The van der Waals surface area contributed by atoms with E-state index >= 15 is 0 Å². The molecule has 0 unspecified atom stereocenters. The molecule has 1 heterocycles. The van der Waals surface area contributed by atoms with Gasteiger partial charge in [-0.2, -0.15) is 0 Å². The van der Waals surface area contributed by atoms with Crippen molar-refractivity contribution in [1.82, 2.24) is 0 Å². The first-order chi connectivity index (χ1) is 12.5. The molecule has 0 spiro atoms. The van der Waals surface area contributed by atoms with Gasteiger partial charge in [-0.3, -0.25) is 14.4 Å². The molecular formula is C19H18Cl2O5. The van der Waals surface area contributed by atoms with E-state index in [2.05, 4.69) is 0 Å². The molecule has 1 aromatic rings. The van der Waals surface area contributed by atoms with Crippen LogP contribution >= 0.6 is 23.2 Å². The number of esters is 2. The minimum absolute atomic E-state index is 0.0455. The van der Waals surface area contributed by atoms with Crippen LogP contribution in [0.15, 0.2) is 24.3 Å². The predicted octanol–water partition coefficient (Wildman–Crippen LogP) is 3.26. The monoisotopic (exact) mass is 396 g/mol. The van der Waals surface area contributed by atoms with Crippen molar-refractivity contribution in [2.24, 2.45) is 23.7 Å². The molecule has 1 aliphatic heterocycles. The third kappa shape index (κ3) is 2.91. The molecule has 2 aliphatic carbocycles. The third-order valence-corrected chi connectivity index (χ3v) is 6.28. The van der Waals surface area contributed by atoms with Crippen LogP contribution in [0.2, 0.25) is 5.02 Å². The highest BCUT2D eigenvalue weighted by atomic mass is 35.5. The van der Waals surface area contributed by atoms with E-state index in [1.165, 1.54) is 0 Å². The van der Waals surface area contributed by atoms with E-state index in [0.717, 1.165) is 6.42 Å². The lowest BCUT2D eigenvalue weighted by molar-refractivity contribution is -0.158. The molecule has 0 radical (unpaired) electrons. The van der Waals surface area contributed by atoms with E-state index in [9.17, 15) is 14.4 Å². The van der Waals surface area contributed by atoms with Crippen molar-refractivity contribution in [3.8, 4) is 0 Å². The minimum atomic E-state index is -0.964. The maximum Gasteiger partial charge on any atom is 0.310 e. The van der Waals surface area contributed by atoms with Crippen LogP contribution in [0.4, 0.5) is 0 Å². The molecule has 7 heteroatoms. The molecule has 2 bridgehead atoms. The topological polar surface area (TPSA) is 69.7 Å². The molecule has 0 N–H and O–H groups in total. The Morgan fingerprint density at radius 2 is 1.96 bits per heavy atom. The van der Waals surface area contributed by atoms with Crippen LogP contribution in [-0.2, 0) is 19.1 Å². The number of alkyl halides is 1. The van der Waals surface area contributed by atoms with Crippen molar-refractivity contribution in [3.63, 3.8) is 0 Å². The summed E-state index contributed by atoms with van der Waals surface area (Å²) in [6, 6.07) is 6.41. The number of hydrogen-bond acceptors (Lipinski definition) is 5. The molecule has 5 nitrogen and oxygen atoms in total. The van der Waals surface area contributed by atoms with E-state index in [4.69, 9.17) is 32.7 Å². The molecule has 6 atom stereocenters. The van der Waals surface area contributed by atoms with Gasteiger partial charge < -0.3 is 9.47 Å². The number of fused-ring (bicyclic) bond motifs is 1. The Balaban J connectivity index is 1.50. The van der Waals surface area contributed by atoms with Crippen LogP contribution in [0.3, 0.4) is 0 Å². The van der Waals surface area contributed by atoms with Gasteiger partial charge in [-0.1, -0.05) is 11.6 Å². The summed E-state index contributed by atoms with van der Waals surface area (Å²) < 4.78 is 10.9. The number of ketones is 1. The molecule has 0 aromatic heterocycles. The fourth-order valence-corrected chi connectivity index (χ4v) is 5.01. The van der Waals surface area contributed by atoms with E-state index in [-0.39, 0.29) is 42.0 Å². The zero-order valence-corrected chi connectivity index (χ0v) is 15.4. The summed E-state index contributed by atoms with van der Waals surface area (Å²) in [6.07, 6.45) is 0.724. The molecule has 3 fully saturated rings. The highest BCUT2D eigenvalue weighted by Gasteiger charge is 2.64. The largest absolute Gasteiger partial charge is 0.462 e. The number of halogens is 2. The fraction of sp³-hybridized carbons (Fsp3) is 0.526. The Morgan fingerprint density at radius 1 is 1.23 bits per heavy atom. The predicted molar refractivity (Wildman–Crippen MR) is 94.1 cm³/mol. The van der Waals surface area contributed by atoms with Crippen LogP contribution in [0.25, 0.3) is 0 Å². The lowest BCUT2D eigenvalue weighted by Crippen LogP contribution is -2.37. The van der Waals surface area contributed by atoms with Gasteiger partial charge in [-0.25, -0.2) is 0 Å². The number of Topliss-reactive ketones (excluding diaryl/α,β-unsaturated/α-hetero) is 1. The number of ether oxygens (including phenoxy) is 2. The second-order valence-electron chi connectivity index (χ2n) is 7.20. The SMILES string of the molecule is O=C(O[C@H](CCCl)C(=O)c1ccc(Cl)cc1)[C@H]1[C@@H]2C[C@@H]3[C@@H]1C(=O)O[C@@H]3C2. The highest BCUT2D eigenvalue weighted by Crippen LogP contribution is 2.58. The first-order valence-corrected chi connectivity index (χ1v) is 9.67. The average molecular weight is 397 g/mol. The van der Waals surface area contributed by atoms with Gasteiger partial charge in [0.1, 0.15) is 6.10 Å². The van der Waals surface area contributed by atoms with E-state index in [1.807, 2.05) is 0 Å². The van der Waals surface area contributed by atoms with Gasteiger partial charge >= 0.3 is 11.9 Å². The smallest absolute Gasteiger partial charge is 0.310 e. The highest BCUT2D eigenvalue weighted by molar-refractivity contribution is 6.30. The first-order valence-electron chi connectivity index (χ1n) is 8.76.